The molecule has 1 amide bonds. The Morgan fingerprint density at radius 3 is 2.71 bits per heavy atom. The van der Waals surface area contributed by atoms with Gasteiger partial charge in [-0.15, -0.1) is 12.6 Å². The van der Waals surface area contributed by atoms with Gasteiger partial charge in [-0.25, -0.2) is 0 Å². The molecule has 156 valence electrons. The van der Waals surface area contributed by atoms with Crippen LogP contribution < -0.4 is 15.0 Å². The number of benzene rings is 2. The zero-order valence-corrected chi connectivity index (χ0v) is 18.5. The van der Waals surface area contributed by atoms with Crippen molar-refractivity contribution in [2.45, 2.75) is 6.17 Å². The van der Waals surface area contributed by atoms with E-state index in [0.29, 0.717) is 38.6 Å². The zero-order chi connectivity index (χ0) is 22.1. The first-order valence-corrected chi connectivity index (χ1v) is 10.3. The molecule has 31 heavy (non-hydrogen) atoms. The standard InChI is InChI=1S/C22H15Cl2N3O3S/c1-29-18-5-3-2-4-16(18)27-20(26-21(28)14(11-25)22(27)31)19-9-8-17(30-19)13-10-12(23)6-7-15(13)24/h2-10,20,31H,1H3,(H,26,28). The number of para-hydroxylation sites is 2. The van der Waals surface area contributed by atoms with Crippen molar-refractivity contribution in [1.29, 1.82) is 5.26 Å². The Labute approximate surface area is 194 Å². The number of ether oxygens (including phenoxy) is 1. The van der Waals surface area contributed by atoms with E-state index in [-0.39, 0.29) is 10.6 Å². The van der Waals surface area contributed by atoms with Gasteiger partial charge in [0.1, 0.15) is 28.9 Å². The van der Waals surface area contributed by atoms with Crippen LogP contribution in [0.25, 0.3) is 11.3 Å². The van der Waals surface area contributed by atoms with E-state index in [9.17, 15) is 10.1 Å². The highest BCUT2D eigenvalue weighted by Crippen LogP contribution is 2.42. The Morgan fingerprint density at radius 1 is 1.19 bits per heavy atom. The summed E-state index contributed by atoms with van der Waals surface area (Å²) >= 11 is 16.9. The largest absolute Gasteiger partial charge is 0.495 e. The quantitative estimate of drug-likeness (QED) is 0.486. The van der Waals surface area contributed by atoms with E-state index < -0.39 is 12.1 Å². The van der Waals surface area contributed by atoms with E-state index in [4.69, 9.17) is 32.4 Å². The van der Waals surface area contributed by atoms with Gasteiger partial charge in [-0.05, 0) is 42.5 Å². The summed E-state index contributed by atoms with van der Waals surface area (Å²) in [5.74, 6) is 0.876. The van der Waals surface area contributed by atoms with Gasteiger partial charge >= 0.3 is 0 Å². The number of furan rings is 1. The highest BCUT2D eigenvalue weighted by atomic mass is 35.5. The smallest absolute Gasteiger partial charge is 0.266 e. The number of amides is 1. The number of hydrogen-bond acceptors (Lipinski definition) is 6. The van der Waals surface area contributed by atoms with Crippen LogP contribution in [0.2, 0.25) is 10.0 Å². The summed E-state index contributed by atoms with van der Waals surface area (Å²) in [5.41, 5.74) is 1.10. The maximum absolute atomic E-state index is 12.5. The van der Waals surface area contributed by atoms with Crippen molar-refractivity contribution < 1.29 is 13.9 Å². The minimum Gasteiger partial charge on any atom is -0.495 e. The number of nitrogens with one attached hydrogen (secondary N) is 1. The number of nitriles is 1. The predicted molar refractivity (Wildman–Crippen MR) is 122 cm³/mol. The summed E-state index contributed by atoms with van der Waals surface area (Å²) in [7, 11) is 1.54. The Hall–Kier alpha value is -3.05. The zero-order valence-electron chi connectivity index (χ0n) is 16.1. The van der Waals surface area contributed by atoms with E-state index in [2.05, 4.69) is 17.9 Å². The molecule has 0 bridgehead atoms. The lowest BCUT2D eigenvalue weighted by atomic mass is 10.1. The van der Waals surface area contributed by atoms with E-state index in [1.54, 1.807) is 47.4 Å². The fraction of sp³-hybridized carbons (Fsp3) is 0.0909. The Balaban J connectivity index is 1.84. The lowest BCUT2D eigenvalue weighted by molar-refractivity contribution is -0.118. The third kappa shape index (κ3) is 3.86. The molecule has 1 N–H and O–H groups in total. The normalized spacial score (nSPS) is 16.2. The van der Waals surface area contributed by atoms with Gasteiger partial charge in [0.25, 0.3) is 5.91 Å². The van der Waals surface area contributed by atoms with E-state index >= 15 is 0 Å². The number of nitrogens with zero attached hydrogens (tertiary/aromatic N) is 2. The Morgan fingerprint density at radius 2 is 1.97 bits per heavy atom. The van der Waals surface area contributed by atoms with Crippen molar-refractivity contribution in [2.24, 2.45) is 0 Å². The molecule has 3 aromatic rings. The molecule has 6 nitrogen and oxygen atoms in total. The fourth-order valence-corrected chi connectivity index (χ4v) is 4.07. The molecule has 9 heteroatoms. The van der Waals surface area contributed by atoms with Crippen LogP contribution in [0, 0.1) is 11.3 Å². The minimum atomic E-state index is -0.778. The lowest BCUT2D eigenvalue weighted by Gasteiger charge is -2.37. The highest BCUT2D eigenvalue weighted by Gasteiger charge is 2.37. The van der Waals surface area contributed by atoms with Crippen LogP contribution >= 0.6 is 35.8 Å². The van der Waals surface area contributed by atoms with Crippen molar-refractivity contribution >= 4 is 47.4 Å². The number of halogens is 2. The number of anilines is 1. The highest BCUT2D eigenvalue weighted by molar-refractivity contribution is 7.84. The van der Waals surface area contributed by atoms with Crippen LogP contribution in [-0.4, -0.2) is 13.0 Å². The number of carbonyl (C=O) groups is 1. The molecule has 1 atom stereocenters. The summed E-state index contributed by atoms with van der Waals surface area (Å²) in [6, 6.07) is 17.6. The average molecular weight is 472 g/mol. The first-order valence-electron chi connectivity index (χ1n) is 9.06. The van der Waals surface area contributed by atoms with Crippen molar-refractivity contribution in [2.75, 3.05) is 12.0 Å². The van der Waals surface area contributed by atoms with Crippen molar-refractivity contribution in [3.05, 3.63) is 81.0 Å². The SMILES string of the molecule is COc1ccccc1N1C(S)=C(C#N)C(=O)NC1c1ccc(-c2cc(Cl)ccc2Cl)o1. The number of methoxy groups -OCH3 is 1. The van der Waals surface area contributed by atoms with Crippen LogP contribution in [0.5, 0.6) is 5.75 Å². The summed E-state index contributed by atoms with van der Waals surface area (Å²) in [6.45, 7) is 0. The van der Waals surface area contributed by atoms with Crippen LogP contribution in [-0.2, 0) is 4.79 Å². The molecule has 0 saturated carbocycles. The van der Waals surface area contributed by atoms with Crippen molar-refractivity contribution in [1.82, 2.24) is 5.32 Å². The topological polar surface area (TPSA) is 78.5 Å². The monoisotopic (exact) mass is 471 g/mol. The number of thiol groups is 1. The Kier molecular flexibility index (Phi) is 5.88. The third-order valence-corrected chi connectivity index (χ3v) is 5.76. The summed E-state index contributed by atoms with van der Waals surface area (Å²) in [6.07, 6.45) is -0.778. The second-order valence-corrected chi connectivity index (χ2v) is 7.82. The molecule has 0 fully saturated rings. The van der Waals surface area contributed by atoms with Crippen molar-refractivity contribution in [3.63, 3.8) is 0 Å². The molecule has 4 rings (SSSR count). The second-order valence-electron chi connectivity index (χ2n) is 6.55. The molecule has 0 aliphatic carbocycles. The van der Waals surface area contributed by atoms with Gasteiger partial charge in [-0.3, -0.25) is 4.79 Å². The van der Waals surface area contributed by atoms with Crippen LogP contribution in [0.1, 0.15) is 11.9 Å². The van der Waals surface area contributed by atoms with E-state index in [0.717, 1.165) is 0 Å². The van der Waals surface area contributed by atoms with Crippen molar-refractivity contribution in [3.8, 4) is 23.1 Å². The summed E-state index contributed by atoms with van der Waals surface area (Å²) in [4.78, 5) is 14.2. The summed E-state index contributed by atoms with van der Waals surface area (Å²) < 4.78 is 11.5. The van der Waals surface area contributed by atoms with Gasteiger partial charge in [0.05, 0.1) is 22.8 Å². The molecule has 2 aromatic carbocycles. The molecule has 0 saturated heterocycles. The molecule has 1 unspecified atom stereocenters. The van der Waals surface area contributed by atoms with Gasteiger partial charge in [-0.2, -0.15) is 5.26 Å². The Bertz CT molecular complexity index is 1250. The minimum absolute atomic E-state index is 0.116. The molecule has 0 radical (unpaired) electrons. The average Bonchev–Trinajstić information content (AvgIpc) is 3.25. The number of hydrogen-bond donors (Lipinski definition) is 2. The summed E-state index contributed by atoms with van der Waals surface area (Å²) in [5, 5.41) is 13.4. The van der Waals surface area contributed by atoms with Crippen LogP contribution in [0.15, 0.2) is 69.6 Å². The van der Waals surface area contributed by atoms with Crippen LogP contribution in [0.3, 0.4) is 0 Å². The molecular formula is C22H15Cl2N3O3S. The van der Waals surface area contributed by atoms with Gasteiger partial charge < -0.3 is 19.4 Å². The van der Waals surface area contributed by atoms with E-state index in [1.165, 1.54) is 7.11 Å². The van der Waals surface area contributed by atoms with E-state index in [1.807, 2.05) is 18.2 Å². The fourth-order valence-electron chi connectivity index (χ4n) is 3.32. The van der Waals surface area contributed by atoms with Gasteiger partial charge in [0.2, 0.25) is 0 Å². The first kappa shape index (κ1) is 21.2. The molecule has 1 aliphatic rings. The van der Waals surface area contributed by atoms with Gasteiger partial charge in [-0.1, -0.05) is 35.3 Å². The molecule has 2 heterocycles. The molecular weight excluding hydrogens is 457 g/mol. The molecule has 1 aromatic heterocycles. The number of rotatable bonds is 4. The van der Waals surface area contributed by atoms with Crippen LogP contribution in [0.4, 0.5) is 5.69 Å². The second kappa shape index (κ2) is 8.60. The maximum atomic E-state index is 12.5. The molecule has 0 spiro atoms. The maximum Gasteiger partial charge on any atom is 0.266 e. The van der Waals surface area contributed by atoms with Gasteiger partial charge in [0, 0.05) is 10.6 Å². The number of carbonyl (C=O) groups excluding carboxylic acids is 1. The third-order valence-electron chi connectivity index (χ3n) is 4.75. The lowest BCUT2D eigenvalue weighted by Crippen LogP contribution is -2.46. The van der Waals surface area contributed by atoms with Gasteiger partial charge in [0.15, 0.2) is 6.17 Å². The first-order chi connectivity index (χ1) is 14.9. The predicted octanol–water partition coefficient (Wildman–Crippen LogP) is 5.56. The molecule has 1 aliphatic heterocycles.